The fourth-order valence-corrected chi connectivity index (χ4v) is 1.80. The highest BCUT2D eigenvalue weighted by Gasteiger charge is 2.07. The molecule has 2 aromatic rings. The van der Waals surface area contributed by atoms with Crippen molar-refractivity contribution in [3.8, 4) is 5.75 Å². The number of ether oxygens (including phenoxy) is 1. The summed E-state index contributed by atoms with van der Waals surface area (Å²) in [6.07, 6.45) is 0.786. The maximum absolute atomic E-state index is 5.82. The number of hydrogen-bond donors (Lipinski definition) is 2. The fourth-order valence-electron chi connectivity index (χ4n) is 1.80. The fraction of sp³-hybridized carbons (Fsp3) is 0.143. The maximum Gasteiger partial charge on any atom is 0.124 e. The lowest BCUT2D eigenvalue weighted by Gasteiger charge is -2.11. The van der Waals surface area contributed by atoms with Gasteiger partial charge in [0.05, 0.1) is 18.5 Å². The molecule has 0 bridgehead atoms. The molecule has 0 fully saturated rings. The zero-order valence-corrected chi connectivity index (χ0v) is 9.81. The second-order valence-electron chi connectivity index (χ2n) is 3.96. The van der Waals surface area contributed by atoms with E-state index < -0.39 is 0 Å². The molecule has 0 aliphatic carbocycles. The topological polar surface area (TPSA) is 61.3 Å². The van der Waals surface area contributed by atoms with Crippen LogP contribution in [0.2, 0.25) is 0 Å². The van der Waals surface area contributed by atoms with Gasteiger partial charge in [0.1, 0.15) is 5.75 Å². The molecule has 0 atom stereocenters. The lowest BCUT2D eigenvalue weighted by atomic mass is 10.0. The van der Waals surface area contributed by atoms with E-state index in [0.717, 1.165) is 17.7 Å². The Kier molecular flexibility index (Phi) is 3.19. The van der Waals surface area contributed by atoms with Gasteiger partial charge >= 0.3 is 0 Å². The van der Waals surface area contributed by atoms with Crippen LogP contribution >= 0.6 is 0 Å². The lowest BCUT2D eigenvalue weighted by Crippen LogP contribution is -2.00. The molecule has 0 heterocycles. The van der Waals surface area contributed by atoms with Crippen molar-refractivity contribution < 1.29 is 4.74 Å². The predicted octanol–water partition coefficient (Wildman–Crippen LogP) is 2.45. The maximum atomic E-state index is 5.82. The Morgan fingerprint density at radius 3 is 2.29 bits per heavy atom. The molecule has 17 heavy (non-hydrogen) atoms. The quantitative estimate of drug-likeness (QED) is 0.793. The molecular formula is C14H16N2O. The van der Waals surface area contributed by atoms with Crippen molar-refractivity contribution in [1.29, 1.82) is 0 Å². The van der Waals surface area contributed by atoms with Crippen molar-refractivity contribution >= 4 is 11.4 Å². The monoisotopic (exact) mass is 228 g/mol. The summed E-state index contributed by atoms with van der Waals surface area (Å²) in [5.74, 6) is 0.778. The summed E-state index contributed by atoms with van der Waals surface area (Å²) in [6, 6.07) is 13.8. The SMILES string of the molecule is COc1cc(N)c(N)cc1Cc1ccccc1. The molecule has 3 heteroatoms. The lowest BCUT2D eigenvalue weighted by molar-refractivity contribution is 0.411. The van der Waals surface area contributed by atoms with Gasteiger partial charge in [-0.1, -0.05) is 30.3 Å². The van der Waals surface area contributed by atoms with Gasteiger partial charge in [-0.15, -0.1) is 0 Å². The van der Waals surface area contributed by atoms with E-state index in [9.17, 15) is 0 Å². The van der Waals surface area contributed by atoms with Crippen LogP contribution in [0.1, 0.15) is 11.1 Å². The van der Waals surface area contributed by atoms with E-state index in [1.165, 1.54) is 5.56 Å². The number of rotatable bonds is 3. The number of hydrogen-bond acceptors (Lipinski definition) is 3. The molecule has 0 spiro atoms. The van der Waals surface area contributed by atoms with Crippen molar-refractivity contribution in [2.24, 2.45) is 0 Å². The molecular weight excluding hydrogens is 212 g/mol. The average molecular weight is 228 g/mol. The molecule has 88 valence electrons. The molecule has 0 radical (unpaired) electrons. The molecule has 4 N–H and O–H groups in total. The van der Waals surface area contributed by atoms with Gasteiger partial charge in [-0.2, -0.15) is 0 Å². The standard InChI is InChI=1S/C14H16N2O/c1-17-14-9-13(16)12(15)8-11(14)7-10-5-3-2-4-6-10/h2-6,8-9H,7,15-16H2,1H3. The first-order valence-corrected chi connectivity index (χ1v) is 5.46. The first kappa shape index (κ1) is 11.3. The van der Waals surface area contributed by atoms with E-state index in [1.54, 1.807) is 13.2 Å². The van der Waals surface area contributed by atoms with Crippen LogP contribution < -0.4 is 16.2 Å². The van der Waals surface area contributed by atoms with Crippen LogP contribution in [0.3, 0.4) is 0 Å². The number of anilines is 2. The van der Waals surface area contributed by atoms with Crippen LogP contribution in [-0.2, 0) is 6.42 Å². The number of nitrogens with two attached hydrogens (primary N) is 2. The molecule has 0 aliphatic heterocycles. The van der Waals surface area contributed by atoms with E-state index >= 15 is 0 Å². The average Bonchev–Trinajstić information content (AvgIpc) is 2.35. The van der Waals surface area contributed by atoms with Crippen LogP contribution in [-0.4, -0.2) is 7.11 Å². The van der Waals surface area contributed by atoms with Gasteiger partial charge in [-0.3, -0.25) is 0 Å². The summed E-state index contributed by atoms with van der Waals surface area (Å²) < 4.78 is 5.32. The largest absolute Gasteiger partial charge is 0.496 e. The molecule has 3 nitrogen and oxygen atoms in total. The predicted molar refractivity (Wildman–Crippen MR) is 71.1 cm³/mol. The first-order chi connectivity index (χ1) is 8.20. The third-order valence-electron chi connectivity index (χ3n) is 2.72. The van der Waals surface area contributed by atoms with Crippen LogP contribution in [0.15, 0.2) is 42.5 Å². The molecule has 0 saturated carbocycles. The van der Waals surface area contributed by atoms with Crippen LogP contribution in [0, 0.1) is 0 Å². The highest BCUT2D eigenvalue weighted by Crippen LogP contribution is 2.28. The van der Waals surface area contributed by atoms with E-state index in [-0.39, 0.29) is 0 Å². The van der Waals surface area contributed by atoms with E-state index in [4.69, 9.17) is 16.2 Å². The molecule has 0 amide bonds. The summed E-state index contributed by atoms with van der Waals surface area (Å²) in [4.78, 5) is 0. The Morgan fingerprint density at radius 2 is 1.65 bits per heavy atom. The minimum Gasteiger partial charge on any atom is -0.496 e. The van der Waals surface area contributed by atoms with E-state index in [0.29, 0.717) is 11.4 Å². The van der Waals surface area contributed by atoms with Gasteiger partial charge in [0.25, 0.3) is 0 Å². The van der Waals surface area contributed by atoms with Crippen LogP contribution in [0.5, 0.6) is 5.75 Å². The van der Waals surface area contributed by atoms with Crippen molar-refractivity contribution in [3.05, 3.63) is 53.6 Å². The number of methoxy groups -OCH3 is 1. The number of nitrogen functional groups attached to an aromatic ring is 2. The van der Waals surface area contributed by atoms with Gasteiger partial charge < -0.3 is 16.2 Å². The Bertz CT molecular complexity index is 509. The van der Waals surface area contributed by atoms with Crippen molar-refractivity contribution in [2.45, 2.75) is 6.42 Å². The summed E-state index contributed by atoms with van der Waals surface area (Å²) in [5, 5.41) is 0. The van der Waals surface area contributed by atoms with Crippen LogP contribution in [0.25, 0.3) is 0 Å². The van der Waals surface area contributed by atoms with Gasteiger partial charge in [-0.25, -0.2) is 0 Å². The molecule has 0 aliphatic rings. The Hall–Kier alpha value is -2.16. The van der Waals surface area contributed by atoms with E-state index in [1.807, 2.05) is 24.3 Å². The third kappa shape index (κ3) is 2.50. The van der Waals surface area contributed by atoms with Crippen LogP contribution in [0.4, 0.5) is 11.4 Å². The minimum atomic E-state index is 0.554. The van der Waals surface area contributed by atoms with Crippen molar-refractivity contribution in [2.75, 3.05) is 18.6 Å². The normalized spacial score (nSPS) is 10.2. The van der Waals surface area contributed by atoms with E-state index in [2.05, 4.69) is 12.1 Å². The zero-order valence-electron chi connectivity index (χ0n) is 9.81. The summed E-state index contributed by atoms with van der Waals surface area (Å²) in [6.45, 7) is 0. The van der Waals surface area contributed by atoms with Gasteiger partial charge in [0.15, 0.2) is 0 Å². The third-order valence-corrected chi connectivity index (χ3v) is 2.72. The zero-order chi connectivity index (χ0) is 12.3. The van der Waals surface area contributed by atoms with Crippen molar-refractivity contribution in [1.82, 2.24) is 0 Å². The second kappa shape index (κ2) is 4.78. The molecule has 2 aromatic carbocycles. The first-order valence-electron chi connectivity index (χ1n) is 5.46. The molecule has 0 aromatic heterocycles. The molecule has 0 unspecified atom stereocenters. The Balaban J connectivity index is 2.35. The minimum absolute atomic E-state index is 0.554. The Labute approximate surface area is 101 Å². The van der Waals surface area contributed by atoms with Gasteiger partial charge in [-0.05, 0) is 11.6 Å². The number of benzene rings is 2. The summed E-state index contributed by atoms with van der Waals surface area (Å²) in [7, 11) is 1.64. The highest BCUT2D eigenvalue weighted by molar-refractivity contribution is 5.68. The smallest absolute Gasteiger partial charge is 0.124 e. The van der Waals surface area contributed by atoms with Gasteiger partial charge in [0, 0.05) is 18.1 Å². The molecule has 2 rings (SSSR count). The second-order valence-corrected chi connectivity index (χ2v) is 3.96. The van der Waals surface area contributed by atoms with Crippen molar-refractivity contribution in [3.63, 3.8) is 0 Å². The van der Waals surface area contributed by atoms with Gasteiger partial charge in [0.2, 0.25) is 0 Å². The summed E-state index contributed by atoms with van der Waals surface area (Å²) in [5.41, 5.74) is 15.0. The summed E-state index contributed by atoms with van der Waals surface area (Å²) >= 11 is 0. The molecule has 0 saturated heterocycles. The highest BCUT2D eigenvalue weighted by atomic mass is 16.5. The Morgan fingerprint density at radius 1 is 1.00 bits per heavy atom.